The molecule has 7 heteroatoms. The summed E-state index contributed by atoms with van der Waals surface area (Å²) in [5, 5.41) is 2.99. The first kappa shape index (κ1) is 20.4. The van der Waals surface area contributed by atoms with Gasteiger partial charge < -0.3 is 19.7 Å². The lowest BCUT2D eigenvalue weighted by Gasteiger charge is -2.29. The van der Waals surface area contributed by atoms with Gasteiger partial charge in [-0.1, -0.05) is 30.3 Å². The molecule has 2 aromatic rings. The van der Waals surface area contributed by atoms with Crippen LogP contribution in [0.4, 0.5) is 11.4 Å². The zero-order chi connectivity index (χ0) is 20.8. The van der Waals surface area contributed by atoms with E-state index in [9.17, 15) is 9.59 Å². The van der Waals surface area contributed by atoms with Crippen molar-refractivity contribution in [2.75, 3.05) is 49.7 Å². The maximum absolute atomic E-state index is 12.7. The minimum Gasteiger partial charge on any atom is -0.490 e. The van der Waals surface area contributed by atoms with E-state index in [0.717, 1.165) is 49.8 Å². The molecule has 0 unspecified atom stereocenters. The number of fused-ring (bicyclic) bond motifs is 1. The van der Waals surface area contributed by atoms with Gasteiger partial charge in [0, 0.05) is 38.2 Å². The quantitative estimate of drug-likeness (QED) is 0.794. The molecule has 7 nitrogen and oxygen atoms in total. The van der Waals surface area contributed by atoms with Crippen LogP contribution in [0.1, 0.15) is 18.4 Å². The molecule has 0 radical (unpaired) electrons. The van der Waals surface area contributed by atoms with Gasteiger partial charge in [-0.05, 0) is 23.8 Å². The molecule has 2 aliphatic rings. The smallest absolute Gasteiger partial charge is 0.227 e. The van der Waals surface area contributed by atoms with Gasteiger partial charge in [-0.15, -0.1) is 0 Å². The predicted molar refractivity (Wildman–Crippen MR) is 115 cm³/mol. The molecular weight excluding hydrogens is 382 g/mol. The largest absolute Gasteiger partial charge is 0.490 e. The molecule has 1 saturated heterocycles. The number of nitrogens with one attached hydrogen (secondary N) is 1. The molecule has 2 aromatic carbocycles. The molecular formula is C23H27N3O4. The molecule has 2 aliphatic heterocycles. The van der Waals surface area contributed by atoms with Crippen molar-refractivity contribution in [1.82, 2.24) is 4.90 Å². The summed E-state index contributed by atoms with van der Waals surface area (Å²) in [4.78, 5) is 29.3. The summed E-state index contributed by atoms with van der Waals surface area (Å²) in [5.41, 5.74) is 2.64. The Bertz CT molecular complexity index is 896. The Morgan fingerprint density at radius 2 is 1.67 bits per heavy atom. The number of carbonyl (C=O) groups excluding carboxylic acids is 2. The molecule has 2 amide bonds. The minimum absolute atomic E-state index is 0.0671. The van der Waals surface area contributed by atoms with Crippen LogP contribution in [0, 0.1) is 0 Å². The second-order valence-corrected chi connectivity index (χ2v) is 7.46. The first-order valence-corrected chi connectivity index (χ1v) is 10.4. The number of nitrogens with zero attached hydrogens (tertiary/aromatic N) is 2. The standard InChI is InChI=1S/C23H27N3O4/c27-22(9-10-23(28)26-13-16-30-21-8-4-3-7-20(21)26)24-19-6-2-1-5-18(19)17-25-11-14-29-15-12-25/h1-8H,9-17H2,(H,24,27). The van der Waals surface area contributed by atoms with Crippen molar-refractivity contribution in [1.29, 1.82) is 0 Å². The van der Waals surface area contributed by atoms with E-state index in [1.165, 1.54) is 0 Å². The summed E-state index contributed by atoms with van der Waals surface area (Å²) in [6, 6.07) is 15.3. The lowest BCUT2D eigenvalue weighted by molar-refractivity contribution is -0.122. The number of hydrogen-bond donors (Lipinski definition) is 1. The van der Waals surface area contributed by atoms with E-state index >= 15 is 0 Å². The lowest BCUT2D eigenvalue weighted by atomic mass is 10.1. The minimum atomic E-state index is -0.153. The fourth-order valence-electron chi connectivity index (χ4n) is 3.78. The Labute approximate surface area is 176 Å². The van der Waals surface area contributed by atoms with Crippen molar-refractivity contribution < 1.29 is 19.1 Å². The van der Waals surface area contributed by atoms with Crippen LogP contribution in [0.15, 0.2) is 48.5 Å². The van der Waals surface area contributed by atoms with Gasteiger partial charge in [-0.2, -0.15) is 0 Å². The molecule has 0 atom stereocenters. The van der Waals surface area contributed by atoms with Crippen molar-refractivity contribution in [3.63, 3.8) is 0 Å². The normalized spacial score (nSPS) is 16.5. The highest BCUT2D eigenvalue weighted by molar-refractivity contribution is 5.99. The van der Waals surface area contributed by atoms with Gasteiger partial charge in [0.2, 0.25) is 11.8 Å². The average Bonchev–Trinajstić information content (AvgIpc) is 2.79. The molecule has 30 heavy (non-hydrogen) atoms. The highest BCUT2D eigenvalue weighted by Gasteiger charge is 2.23. The molecule has 0 spiro atoms. The van der Waals surface area contributed by atoms with E-state index in [1.807, 2.05) is 48.5 Å². The third kappa shape index (κ3) is 4.98. The number of morpholine rings is 1. The van der Waals surface area contributed by atoms with Crippen LogP contribution in [-0.4, -0.2) is 56.2 Å². The van der Waals surface area contributed by atoms with Crippen LogP contribution in [0.3, 0.4) is 0 Å². The second kappa shape index (κ2) is 9.73. The van der Waals surface area contributed by atoms with Crippen molar-refractivity contribution in [2.45, 2.75) is 19.4 Å². The SMILES string of the molecule is O=C(CCC(=O)N1CCOc2ccccc21)Nc1ccccc1CN1CCOCC1. The lowest BCUT2D eigenvalue weighted by Crippen LogP contribution is -2.38. The third-order valence-electron chi connectivity index (χ3n) is 5.38. The van der Waals surface area contributed by atoms with Gasteiger partial charge in [-0.3, -0.25) is 14.5 Å². The third-order valence-corrected chi connectivity index (χ3v) is 5.38. The van der Waals surface area contributed by atoms with Gasteiger partial charge in [0.25, 0.3) is 0 Å². The molecule has 2 heterocycles. The molecule has 1 fully saturated rings. The maximum Gasteiger partial charge on any atom is 0.227 e. The maximum atomic E-state index is 12.7. The Kier molecular flexibility index (Phi) is 6.61. The van der Waals surface area contributed by atoms with E-state index in [-0.39, 0.29) is 24.7 Å². The first-order chi connectivity index (χ1) is 14.7. The van der Waals surface area contributed by atoms with Crippen LogP contribution < -0.4 is 15.0 Å². The highest BCUT2D eigenvalue weighted by Crippen LogP contribution is 2.31. The molecule has 0 aromatic heterocycles. The fraction of sp³-hybridized carbons (Fsp3) is 0.391. The first-order valence-electron chi connectivity index (χ1n) is 10.4. The van der Waals surface area contributed by atoms with Crippen LogP contribution in [0.5, 0.6) is 5.75 Å². The Hall–Kier alpha value is -2.90. The number of hydrogen-bond acceptors (Lipinski definition) is 5. The molecule has 0 saturated carbocycles. The number of rotatable bonds is 6. The summed E-state index contributed by atoms with van der Waals surface area (Å²) >= 11 is 0. The van der Waals surface area contributed by atoms with Crippen molar-refractivity contribution in [3.8, 4) is 5.75 Å². The van der Waals surface area contributed by atoms with Gasteiger partial charge in [0.05, 0.1) is 25.4 Å². The zero-order valence-electron chi connectivity index (χ0n) is 17.0. The summed E-state index contributed by atoms with van der Waals surface area (Å²) in [6.45, 7) is 4.98. The number of ether oxygens (including phenoxy) is 2. The summed E-state index contributed by atoms with van der Waals surface area (Å²) < 4.78 is 11.0. The Morgan fingerprint density at radius 1 is 0.900 bits per heavy atom. The van der Waals surface area contributed by atoms with Crippen molar-refractivity contribution in [2.24, 2.45) is 0 Å². The van der Waals surface area contributed by atoms with Crippen molar-refractivity contribution >= 4 is 23.2 Å². The van der Waals surface area contributed by atoms with Crippen LogP contribution in [0.25, 0.3) is 0 Å². The van der Waals surface area contributed by atoms with Gasteiger partial charge in [0.1, 0.15) is 12.4 Å². The number of para-hydroxylation sites is 3. The van der Waals surface area contributed by atoms with E-state index in [0.29, 0.717) is 18.9 Å². The van der Waals surface area contributed by atoms with Crippen LogP contribution in [0.2, 0.25) is 0 Å². The molecule has 0 aliphatic carbocycles. The number of carbonyl (C=O) groups is 2. The molecule has 1 N–H and O–H groups in total. The molecule has 4 rings (SSSR count). The fourth-order valence-corrected chi connectivity index (χ4v) is 3.78. The van der Waals surface area contributed by atoms with E-state index in [4.69, 9.17) is 9.47 Å². The van der Waals surface area contributed by atoms with E-state index in [1.54, 1.807) is 4.90 Å². The summed E-state index contributed by atoms with van der Waals surface area (Å²) in [7, 11) is 0. The van der Waals surface area contributed by atoms with Gasteiger partial charge >= 0.3 is 0 Å². The number of anilines is 2. The Balaban J connectivity index is 1.33. The molecule has 0 bridgehead atoms. The van der Waals surface area contributed by atoms with Crippen LogP contribution in [-0.2, 0) is 20.9 Å². The highest BCUT2D eigenvalue weighted by atomic mass is 16.5. The predicted octanol–water partition coefficient (Wildman–Crippen LogP) is 2.66. The number of benzene rings is 2. The second-order valence-electron chi connectivity index (χ2n) is 7.46. The Morgan fingerprint density at radius 3 is 2.53 bits per heavy atom. The zero-order valence-corrected chi connectivity index (χ0v) is 17.0. The monoisotopic (exact) mass is 409 g/mol. The van der Waals surface area contributed by atoms with Crippen molar-refractivity contribution in [3.05, 3.63) is 54.1 Å². The van der Waals surface area contributed by atoms with Gasteiger partial charge in [-0.25, -0.2) is 0 Å². The van der Waals surface area contributed by atoms with E-state index < -0.39 is 0 Å². The number of amides is 2. The molecule has 158 valence electrons. The summed E-state index contributed by atoms with van der Waals surface area (Å²) in [6.07, 6.45) is 0.302. The summed E-state index contributed by atoms with van der Waals surface area (Å²) in [5.74, 6) is 0.486. The average molecular weight is 409 g/mol. The van der Waals surface area contributed by atoms with Gasteiger partial charge in [0.15, 0.2) is 0 Å². The topological polar surface area (TPSA) is 71.1 Å². The van der Waals surface area contributed by atoms with E-state index in [2.05, 4.69) is 10.2 Å². The van der Waals surface area contributed by atoms with Crippen LogP contribution >= 0.6 is 0 Å².